The standard InChI is InChI=1S/C32H43N3O4S/c1-3-4-9-18-33-19-13-17-32-26(29(38)35(27(32)30(33)39)21-10-6-11-22-36)25-28(37)34(20-12-16-31(25,2)40-32)23-24-14-7-5-8-15-24/h5,7-8,12-17,25-27,36H,3-4,6,9-11,18-23H2,1-2H3/t25-,26+,27?,31+,32+/m1/s1. The van der Waals surface area contributed by atoms with Crippen molar-refractivity contribution in [3.05, 3.63) is 60.2 Å². The van der Waals surface area contributed by atoms with E-state index < -0.39 is 27.4 Å². The molecule has 2 fully saturated rings. The van der Waals surface area contributed by atoms with Gasteiger partial charge in [-0.15, -0.1) is 11.8 Å². The summed E-state index contributed by atoms with van der Waals surface area (Å²) in [7, 11) is 0. The number of likely N-dealkylation sites (tertiary alicyclic amines) is 1. The number of rotatable bonds is 11. The normalized spacial score (nSPS) is 31.3. The first kappa shape index (κ1) is 28.9. The molecule has 0 aromatic heterocycles. The summed E-state index contributed by atoms with van der Waals surface area (Å²) in [6.45, 7) is 7.01. The smallest absolute Gasteiger partial charge is 0.247 e. The molecule has 2 saturated heterocycles. The van der Waals surface area contributed by atoms with Crippen LogP contribution in [0.15, 0.2) is 54.6 Å². The molecule has 1 N–H and O–H groups in total. The average Bonchev–Trinajstić information content (AvgIpc) is 3.22. The van der Waals surface area contributed by atoms with E-state index in [0.717, 1.165) is 37.7 Å². The van der Waals surface area contributed by atoms with E-state index >= 15 is 0 Å². The zero-order valence-electron chi connectivity index (χ0n) is 23.8. The minimum Gasteiger partial charge on any atom is -0.396 e. The van der Waals surface area contributed by atoms with Crippen LogP contribution in [0.25, 0.3) is 0 Å². The fraction of sp³-hybridized carbons (Fsp3) is 0.594. The van der Waals surface area contributed by atoms with E-state index in [9.17, 15) is 19.5 Å². The Kier molecular flexibility index (Phi) is 8.76. The van der Waals surface area contributed by atoms with Crippen LogP contribution in [0.4, 0.5) is 0 Å². The van der Waals surface area contributed by atoms with E-state index in [1.807, 2.05) is 40.1 Å². The molecular weight excluding hydrogens is 522 g/mol. The molecule has 4 heterocycles. The van der Waals surface area contributed by atoms with Crippen molar-refractivity contribution in [2.45, 2.75) is 74.5 Å². The molecule has 5 atom stereocenters. The van der Waals surface area contributed by atoms with Crippen LogP contribution >= 0.6 is 11.8 Å². The highest BCUT2D eigenvalue weighted by Gasteiger charge is 2.73. The van der Waals surface area contributed by atoms with Crippen LogP contribution in [-0.2, 0) is 20.9 Å². The molecular formula is C32H43N3O4S. The van der Waals surface area contributed by atoms with Crippen LogP contribution < -0.4 is 0 Å². The van der Waals surface area contributed by atoms with Crippen LogP contribution in [0.3, 0.4) is 0 Å². The van der Waals surface area contributed by atoms with Gasteiger partial charge in [0.15, 0.2) is 0 Å². The lowest BCUT2D eigenvalue weighted by molar-refractivity contribution is -0.145. The Morgan fingerprint density at radius 3 is 2.33 bits per heavy atom. The number of hydrogen-bond acceptors (Lipinski definition) is 5. The summed E-state index contributed by atoms with van der Waals surface area (Å²) in [5, 5.41) is 9.29. The first-order chi connectivity index (χ1) is 19.4. The summed E-state index contributed by atoms with van der Waals surface area (Å²) in [4.78, 5) is 48.7. The van der Waals surface area contributed by atoms with Crippen molar-refractivity contribution in [1.82, 2.24) is 14.7 Å². The topological polar surface area (TPSA) is 81.2 Å². The lowest BCUT2D eigenvalue weighted by atomic mass is 9.74. The van der Waals surface area contributed by atoms with E-state index in [4.69, 9.17) is 0 Å². The molecule has 0 saturated carbocycles. The highest BCUT2D eigenvalue weighted by atomic mass is 32.2. The minimum absolute atomic E-state index is 0.00393. The number of fused-ring (bicyclic) bond motifs is 2. The molecule has 4 aliphatic rings. The van der Waals surface area contributed by atoms with Crippen molar-refractivity contribution in [3.8, 4) is 0 Å². The molecule has 0 aliphatic carbocycles. The summed E-state index contributed by atoms with van der Waals surface area (Å²) in [5.74, 6) is -1.24. The molecule has 3 amide bonds. The Bertz CT molecular complexity index is 1160. The van der Waals surface area contributed by atoms with Gasteiger partial charge < -0.3 is 19.8 Å². The monoisotopic (exact) mass is 565 g/mol. The lowest BCUT2D eigenvalue weighted by Gasteiger charge is -2.37. The Morgan fingerprint density at radius 1 is 0.850 bits per heavy atom. The van der Waals surface area contributed by atoms with Crippen molar-refractivity contribution >= 4 is 29.5 Å². The third-order valence-corrected chi connectivity index (χ3v) is 10.8. The molecule has 0 bridgehead atoms. The molecule has 216 valence electrons. The summed E-state index contributed by atoms with van der Waals surface area (Å²) < 4.78 is -1.38. The van der Waals surface area contributed by atoms with Crippen LogP contribution in [-0.4, -0.2) is 85.8 Å². The molecule has 7 nitrogen and oxygen atoms in total. The van der Waals surface area contributed by atoms with Crippen molar-refractivity contribution in [1.29, 1.82) is 0 Å². The number of aliphatic hydroxyl groups is 1. The molecule has 1 spiro atoms. The van der Waals surface area contributed by atoms with Gasteiger partial charge in [-0.3, -0.25) is 14.4 Å². The van der Waals surface area contributed by atoms with E-state index in [-0.39, 0.29) is 24.3 Å². The van der Waals surface area contributed by atoms with Gasteiger partial charge in [0.1, 0.15) is 6.04 Å². The fourth-order valence-electron chi connectivity index (χ4n) is 7.13. The van der Waals surface area contributed by atoms with Crippen molar-refractivity contribution in [2.75, 3.05) is 32.8 Å². The maximum absolute atomic E-state index is 14.4. The summed E-state index contributed by atoms with van der Waals surface area (Å²) in [5.41, 5.74) is 1.06. The number of carbonyl (C=O) groups is 3. The fourth-order valence-corrected chi connectivity index (χ4v) is 9.29. The van der Waals surface area contributed by atoms with Gasteiger partial charge in [0.2, 0.25) is 17.7 Å². The summed E-state index contributed by atoms with van der Waals surface area (Å²) >= 11 is 1.65. The Labute approximate surface area is 242 Å². The van der Waals surface area contributed by atoms with Crippen molar-refractivity contribution in [3.63, 3.8) is 0 Å². The van der Waals surface area contributed by atoms with Gasteiger partial charge >= 0.3 is 0 Å². The number of amides is 3. The Hall–Kier alpha value is -2.58. The van der Waals surface area contributed by atoms with Crippen LogP contribution in [0.1, 0.15) is 57.9 Å². The second kappa shape index (κ2) is 12.1. The second-order valence-corrected chi connectivity index (χ2v) is 13.6. The lowest BCUT2D eigenvalue weighted by Crippen LogP contribution is -2.53. The number of nitrogens with zero attached hydrogens (tertiary/aromatic N) is 3. The molecule has 1 aromatic rings. The highest BCUT2D eigenvalue weighted by molar-refractivity contribution is 8.02. The van der Waals surface area contributed by atoms with Crippen molar-refractivity contribution < 1.29 is 19.5 Å². The number of thioether (sulfide) groups is 1. The summed E-state index contributed by atoms with van der Waals surface area (Å²) in [6.07, 6.45) is 13.6. The number of aliphatic hydroxyl groups excluding tert-OH is 1. The highest BCUT2D eigenvalue weighted by Crippen LogP contribution is 2.65. The molecule has 1 unspecified atom stereocenters. The quantitative estimate of drug-likeness (QED) is 0.324. The number of benzene rings is 1. The largest absolute Gasteiger partial charge is 0.396 e. The van der Waals surface area contributed by atoms with Gasteiger partial charge in [0.05, 0.1) is 16.6 Å². The predicted octanol–water partition coefficient (Wildman–Crippen LogP) is 4.02. The zero-order chi connectivity index (χ0) is 28.3. The maximum Gasteiger partial charge on any atom is 0.247 e. The number of carbonyl (C=O) groups excluding carboxylic acids is 3. The number of unbranched alkanes of at least 4 members (excludes halogenated alkanes) is 4. The zero-order valence-corrected chi connectivity index (χ0v) is 24.7. The third-order valence-electron chi connectivity index (χ3n) is 9.03. The van der Waals surface area contributed by atoms with Gasteiger partial charge in [-0.25, -0.2) is 0 Å². The Morgan fingerprint density at radius 2 is 1.57 bits per heavy atom. The first-order valence-electron chi connectivity index (χ1n) is 14.9. The second-order valence-electron chi connectivity index (χ2n) is 11.8. The van der Waals surface area contributed by atoms with Crippen molar-refractivity contribution in [2.24, 2.45) is 11.8 Å². The summed E-state index contributed by atoms with van der Waals surface area (Å²) in [6, 6.07) is 9.35. The molecule has 4 aliphatic heterocycles. The third kappa shape index (κ3) is 5.13. The first-order valence-corrected chi connectivity index (χ1v) is 15.8. The molecule has 8 heteroatoms. The van der Waals surface area contributed by atoms with Gasteiger partial charge in [0, 0.05) is 44.1 Å². The molecule has 1 aromatic carbocycles. The number of hydrogen-bond donors (Lipinski definition) is 1. The van der Waals surface area contributed by atoms with Gasteiger partial charge in [0.25, 0.3) is 0 Å². The van der Waals surface area contributed by atoms with E-state index in [1.54, 1.807) is 16.7 Å². The molecule has 5 rings (SSSR count). The molecule has 0 radical (unpaired) electrons. The van der Waals surface area contributed by atoms with Gasteiger partial charge in [-0.05, 0) is 38.2 Å². The van der Waals surface area contributed by atoms with E-state index in [0.29, 0.717) is 39.1 Å². The van der Waals surface area contributed by atoms with Gasteiger partial charge in [-0.2, -0.15) is 0 Å². The van der Waals surface area contributed by atoms with E-state index in [1.165, 1.54) is 0 Å². The van der Waals surface area contributed by atoms with Crippen LogP contribution in [0, 0.1) is 11.8 Å². The average molecular weight is 566 g/mol. The van der Waals surface area contributed by atoms with Crippen LogP contribution in [0.5, 0.6) is 0 Å². The maximum atomic E-state index is 14.4. The van der Waals surface area contributed by atoms with E-state index in [2.05, 4.69) is 38.2 Å². The van der Waals surface area contributed by atoms with Crippen LogP contribution in [0.2, 0.25) is 0 Å². The minimum atomic E-state index is -0.792. The predicted molar refractivity (Wildman–Crippen MR) is 158 cm³/mol. The SMILES string of the molecule is CCCCCN1CC=C[C@]23S[C@@]4(C)C=CCN(Cc5ccccc5)C(=O)[C@H]4[C@H]2C(=O)N(CCCCCO)C3C1=O. The van der Waals surface area contributed by atoms with Gasteiger partial charge in [-0.1, -0.05) is 74.4 Å². The Balaban J connectivity index is 1.51. The molecule has 40 heavy (non-hydrogen) atoms.